The van der Waals surface area contributed by atoms with Crippen molar-refractivity contribution >= 4 is 29.0 Å². The SMILES string of the molecule is Cc1cc(C)c(C#N)c(SCC(=O)N(C)c2ccc([N+](=O)[O-])cc2)n1. The Bertz CT molecular complexity index is 859. The van der Waals surface area contributed by atoms with Gasteiger partial charge in [0, 0.05) is 30.6 Å². The molecule has 0 fully saturated rings. The van der Waals surface area contributed by atoms with Crippen LogP contribution < -0.4 is 4.90 Å². The molecular formula is C17H16N4O3S. The van der Waals surface area contributed by atoms with Crippen molar-refractivity contribution in [3.8, 4) is 6.07 Å². The Kier molecular flexibility index (Phi) is 5.72. The fraction of sp³-hybridized carbons (Fsp3) is 0.235. The van der Waals surface area contributed by atoms with E-state index in [2.05, 4.69) is 11.1 Å². The number of thioether (sulfide) groups is 1. The molecule has 7 nitrogen and oxygen atoms in total. The van der Waals surface area contributed by atoms with E-state index in [-0.39, 0.29) is 17.3 Å². The van der Waals surface area contributed by atoms with Crippen LogP contribution in [0, 0.1) is 35.3 Å². The maximum Gasteiger partial charge on any atom is 0.269 e. The molecule has 0 aliphatic heterocycles. The molecule has 1 heterocycles. The van der Waals surface area contributed by atoms with E-state index in [1.54, 1.807) is 7.05 Å². The lowest BCUT2D eigenvalue weighted by molar-refractivity contribution is -0.384. The third-order valence-corrected chi connectivity index (χ3v) is 4.54. The minimum Gasteiger partial charge on any atom is -0.315 e. The molecule has 8 heteroatoms. The standard InChI is InChI=1S/C17H16N4O3S/c1-11-8-12(2)19-17(15(11)9-18)25-10-16(22)20(3)13-4-6-14(7-5-13)21(23)24/h4-8H,10H2,1-3H3. The molecule has 0 saturated carbocycles. The van der Waals surface area contributed by atoms with Crippen LogP contribution in [0.3, 0.4) is 0 Å². The Morgan fingerprint density at radius 2 is 2.00 bits per heavy atom. The second-order valence-corrected chi connectivity index (χ2v) is 6.35. The third-order valence-electron chi connectivity index (χ3n) is 3.58. The number of nitro benzene ring substituents is 1. The number of amides is 1. The summed E-state index contributed by atoms with van der Waals surface area (Å²) < 4.78 is 0. The first kappa shape index (κ1) is 18.4. The minimum absolute atomic E-state index is 0.0305. The average molecular weight is 356 g/mol. The van der Waals surface area contributed by atoms with Crippen LogP contribution in [0.25, 0.3) is 0 Å². The number of hydrogen-bond acceptors (Lipinski definition) is 6. The van der Waals surface area contributed by atoms with E-state index < -0.39 is 4.92 Å². The quantitative estimate of drug-likeness (QED) is 0.463. The van der Waals surface area contributed by atoms with Crippen molar-refractivity contribution in [2.75, 3.05) is 17.7 Å². The van der Waals surface area contributed by atoms with Gasteiger partial charge < -0.3 is 4.90 Å². The van der Waals surface area contributed by atoms with E-state index in [9.17, 15) is 20.2 Å². The fourth-order valence-corrected chi connectivity index (χ4v) is 3.23. The normalized spacial score (nSPS) is 10.2. The van der Waals surface area contributed by atoms with Gasteiger partial charge in [-0.1, -0.05) is 11.8 Å². The molecule has 1 aromatic carbocycles. The van der Waals surface area contributed by atoms with E-state index in [1.807, 2.05) is 19.9 Å². The highest BCUT2D eigenvalue weighted by molar-refractivity contribution is 8.00. The molecule has 2 rings (SSSR count). The number of nitrogens with zero attached hydrogens (tertiary/aromatic N) is 4. The summed E-state index contributed by atoms with van der Waals surface area (Å²) in [7, 11) is 1.60. The predicted octanol–water partition coefficient (Wildman–Crippen LogP) is 3.23. The maximum absolute atomic E-state index is 12.4. The zero-order chi connectivity index (χ0) is 18.6. The van der Waals surface area contributed by atoms with Gasteiger partial charge in [0.1, 0.15) is 11.1 Å². The van der Waals surface area contributed by atoms with Crippen LogP contribution in [0.5, 0.6) is 0 Å². The summed E-state index contributed by atoms with van der Waals surface area (Å²) >= 11 is 1.21. The highest BCUT2D eigenvalue weighted by Crippen LogP contribution is 2.25. The van der Waals surface area contributed by atoms with Gasteiger partial charge in [0.25, 0.3) is 5.69 Å². The number of aryl methyl sites for hydroxylation is 2. The number of carbonyl (C=O) groups excluding carboxylic acids is 1. The number of nitro groups is 1. The van der Waals surface area contributed by atoms with Crippen LogP contribution >= 0.6 is 11.8 Å². The fourth-order valence-electron chi connectivity index (χ4n) is 2.21. The van der Waals surface area contributed by atoms with Gasteiger partial charge in [-0.2, -0.15) is 5.26 Å². The van der Waals surface area contributed by atoms with Crippen LogP contribution in [0.2, 0.25) is 0 Å². The minimum atomic E-state index is -0.489. The molecule has 128 valence electrons. The number of aromatic nitrogens is 1. The monoisotopic (exact) mass is 356 g/mol. The van der Waals surface area contributed by atoms with Gasteiger partial charge in [-0.3, -0.25) is 14.9 Å². The first-order valence-corrected chi connectivity index (χ1v) is 8.34. The van der Waals surface area contributed by atoms with E-state index in [0.29, 0.717) is 16.3 Å². The van der Waals surface area contributed by atoms with Crippen molar-refractivity contribution in [2.24, 2.45) is 0 Å². The topological polar surface area (TPSA) is 100 Å². The Balaban J connectivity index is 2.10. The van der Waals surface area contributed by atoms with Crippen molar-refractivity contribution in [3.05, 3.63) is 57.3 Å². The van der Waals surface area contributed by atoms with Crippen molar-refractivity contribution in [2.45, 2.75) is 18.9 Å². The van der Waals surface area contributed by atoms with E-state index in [1.165, 1.54) is 40.9 Å². The van der Waals surface area contributed by atoms with E-state index >= 15 is 0 Å². The number of non-ortho nitro benzene ring substituents is 1. The average Bonchev–Trinajstić information content (AvgIpc) is 2.58. The van der Waals surface area contributed by atoms with Crippen molar-refractivity contribution in [1.82, 2.24) is 4.98 Å². The molecule has 0 aliphatic carbocycles. The number of anilines is 1. The second kappa shape index (κ2) is 7.77. The summed E-state index contributed by atoms with van der Waals surface area (Å²) in [6.07, 6.45) is 0. The molecule has 0 atom stereocenters. The Labute approximate surface area is 149 Å². The molecule has 0 saturated heterocycles. The van der Waals surface area contributed by atoms with Crippen molar-refractivity contribution < 1.29 is 9.72 Å². The summed E-state index contributed by atoms with van der Waals surface area (Å²) in [5, 5.41) is 20.5. The first-order chi connectivity index (χ1) is 11.8. The molecule has 25 heavy (non-hydrogen) atoms. The van der Waals surface area contributed by atoms with Crippen LogP contribution in [-0.4, -0.2) is 28.6 Å². The molecule has 0 bridgehead atoms. The smallest absolute Gasteiger partial charge is 0.269 e. The van der Waals surface area contributed by atoms with Crippen LogP contribution in [0.15, 0.2) is 35.4 Å². The predicted molar refractivity (Wildman–Crippen MR) is 95.7 cm³/mol. The van der Waals surface area contributed by atoms with Gasteiger partial charge >= 0.3 is 0 Å². The number of hydrogen-bond donors (Lipinski definition) is 0. The number of rotatable bonds is 5. The van der Waals surface area contributed by atoms with Crippen molar-refractivity contribution in [3.63, 3.8) is 0 Å². The van der Waals surface area contributed by atoms with Crippen LogP contribution in [0.1, 0.15) is 16.8 Å². The lowest BCUT2D eigenvalue weighted by Gasteiger charge is -2.17. The van der Waals surface area contributed by atoms with E-state index in [0.717, 1.165) is 11.3 Å². The van der Waals surface area contributed by atoms with E-state index in [4.69, 9.17) is 0 Å². The summed E-state index contributed by atoms with van der Waals surface area (Å²) in [5.74, 6) is -0.0818. The van der Waals surface area contributed by atoms with Gasteiger partial charge in [-0.05, 0) is 37.6 Å². The summed E-state index contributed by atoms with van der Waals surface area (Å²) in [4.78, 5) is 28.3. The first-order valence-electron chi connectivity index (χ1n) is 7.35. The maximum atomic E-state index is 12.4. The third kappa shape index (κ3) is 4.33. The summed E-state index contributed by atoms with van der Waals surface area (Å²) in [5.41, 5.74) is 2.62. The zero-order valence-corrected chi connectivity index (χ0v) is 14.8. The number of nitriles is 1. The van der Waals surface area contributed by atoms with Crippen LogP contribution in [0.4, 0.5) is 11.4 Å². The lowest BCUT2D eigenvalue weighted by atomic mass is 10.1. The van der Waals surface area contributed by atoms with Gasteiger partial charge in [-0.25, -0.2) is 4.98 Å². The van der Waals surface area contributed by atoms with Gasteiger partial charge in [0.15, 0.2) is 0 Å². The molecule has 0 spiro atoms. The Morgan fingerprint density at radius 3 is 2.56 bits per heavy atom. The highest BCUT2D eigenvalue weighted by atomic mass is 32.2. The summed E-state index contributed by atoms with van der Waals surface area (Å²) in [6, 6.07) is 9.70. The molecule has 1 amide bonds. The zero-order valence-electron chi connectivity index (χ0n) is 14.0. The number of carbonyl (C=O) groups is 1. The molecule has 1 aromatic heterocycles. The molecule has 0 radical (unpaired) electrons. The number of benzene rings is 1. The molecule has 0 unspecified atom stereocenters. The van der Waals surface area contributed by atoms with Gasteiger partial charge in [-0.15, -0.1) is 0 Å². The largest absolute Gasteiger partial charge is 0.315 e. The molecule has 0 N–H and O–H groups in total. The van der Waals surface area contributed by atoms with Crippen LogP contribution in [-0.2, 0) is 4.79 Å². The van der Waals surface area contributed by atoms with Gasteiger partial charge in [0.05, 0.1) is 16.2 Å². The Morgan fingerprint density at radius 1 is 1.36 bits per heavy atom. The molecular weight excluding hydrogens is 340 g/mol. The lowest BCUT2D eigenvalue weighted by Crippen LogP contribution is -2.27. The summed E-state index contributed by atoms with van der Waals surface area (Å²) in [6.45, 7) is 3.67. The molecule has 0 aliphatic rings. The number of pyridine rings is 1. The second-order valence-electron chi connectivity index (χ2n) is 5.39. The highest BCUT2D eigenvalue weighted by Gasteiger charge is 2.16. The van der Waals surface area contributed by atoms with Crippen molar-refractivity contribution in [1.29, 1.82) is 5.26 Å². The Hall–Kier alpha value is -2.92. The molecule has 2 aromatic rings. The van der Waals surface area contributed by atoms with Gasteiger partial charge in [0.2, 0.25) is 5.91 Å².